The molecule has 0 aliphatic heterocycles. The number of nitrogens with one attached hydrogen (secondary N) is 1. The molecule has 1 aliphatic carbocycles. The summed E-state index contributed by atoms with van der Waals surface area (Å²) in [4.78, 5) is 10.7. The predicted octanol–water partition coefficient (Wildman–Crippen LogP) is 2.34. The van der Waals surface area contributed by atoms with Crippen molar-refractivity contribution in [3.63, 3.8) is 0 Å². The Labute approximate surface area is 83.1 Å². The number of hydrogen-bond donors (Lipinski definition) is 1. The number of carbonyl (C=O) groups is 1. The van der Waals surface area contributed by atoms with Crippen LogP contribution >= 0.6 is 0 Å². The van der Waals surface area contributed by atoms with Gasteiger partial charge in [-0.15, -0.1) is 0 Å². The molecule has 1 unspecified atom stereocenters. The highest BCUT2D eigenvalue weighted by Crippen LogP contribution is 2.26. The molecule has 0 heterocycles. The first-order valence-corrected chi connectivity index (χ1v) is 5.20. The van der Waals surface area contributed by atoms with Crippen LogP contribution in [0, 0.1) is 5.92 Å². The second-order valence-electron chi connectivity index (χ2n) is 4.00. The summed E-state index contributed by atoms with van der Waals surface area (Å²) in [6.45, 7) is 1.82. The van der Waals surface area contributed by atoms with Crippen molar-refractivity contribution in [3.05, 3.63) is 0 Å². The molecule has 0 aromatic carbocycles. The van der Waals surface area contributed by atoms with Crippen LogP contribution in [-0.4, -0.2) is 18.4 Å². The highest BCUT2D eigenvalue weighted by atomic mass is 19.3. The van der Waals surface area contributed by atoms with Crippen LogP contribution in [0.25, 0.3) is 0 Å². The molecule has 1 N–H and O–H groups in total. The molecule has 1 saturated carbocycles. The van der Waals surface area contributed by atoms with E-state index < -0.39 is 12.3 Å². The molecule has 0 aromatic rings. The first-order chi connectivity index (χ1) is 6.61. The van der Waals surface area contributed by atoms with Gasteiger partial charge in [-0.05, 0) is 25.7 Å². The standard InChI is InChI=1S/C10H17F2NO/c1-7(13-10(14)9(11)12)8-5-3-2-4-6-8/h7-9H,2-6H2,1H3,(H,13,14). The van der Waals surface area contributed by atoms with E-state index in [1.54, 1.807) is 0 Å². The van der Waals surface area contributed by atoms with E-state index >= 15 is 0 Å². The fourth-order valence-corrected chi connectivity index (χ4v) is 2.04. The maximum Gasteiger partial charge on any atom is 0.315 e. The number of alkyl halides is 2. The van der Waals surface area contributed by atoms with E-state index in [9.17, 15) is 13.6 Å². The third-order valence-corrected chi connectivity index (χ3v) is 2.93. The molecule has 14 heavy (non-hydrogen) atoms. The van der Waals surface area contributed by atoms with Gasteiger partial charge in [0.1, 0.15) is 0 Å². The summed E-state index contributed by atoms with van der Waals surface area (Å²) in [6.07, 6.45) is 2.74. The Balaban J connectivity index is 2.32. The predicted molar refractivity (Wildman–Crippen MR) is 50.2 cm³/mol. The Morgan fingerprint density at radius 3 is 2.36 bits per heavy atom. The van der Waals surface area contributed by atoms with Crippen LogP contribution < -0.4 is 5.32 Å². The fourth-order valence-electron chi connectivity index (χ4n) is 2.04. The average molecular weight is 205 g/mol. The smallest absolute Gasteiger partial charge is 0.315 e. The van der Waals surface area contributed by atoms with Crippen LogP contribution in [-0.2, 0) is 4.79 Å². The Bertz CT molecular complexity index is 191. The van der Waals surface area contributed by atoms with E-state index in [0.29, 0.717) is 5.92 Å². The van der Waals surface area contributed by atoms with Gasteiger partial charge in [-0.25, -0.2) is 0 Å². The zero-order chi connectivity index (χ0) is 10.6. The van der Waals surface area contributed by atoms with Gasteiger partial charge >= 0.3 is 6.43 Å². The molecular formula is C10H17F2NO. The zero-order valence-corrected chi connectivity index (χ0v) is 8.43. The molecule has 1 rings (SSSR count). The summed E-state index contributed by atoms with van der Waals surface area (Å²) in [5.41, 5.74) is 0. The number of carbonyl (C=O) groups excluding carboxylic acids is 1. The van der Waals surface area contributed by atoms with Gasteiger partial charge in [0.05, 0.1) is 0 Å². The second-order valence-corrected chi connectivity index (χ2v) is 4.00. The molecule has 0 aromatic heterocycles. The van der Waals surface area contributed by atoms with Crippen LogP contribution in [0.5, 0.6) is 0 Å². The van der Waals surface area contributed by atoms with Crippen LogP contribution in [0.1, 0.15) is 39.0 Å². The van der Waals surface area contributed by atoms with Crippen molar-refractivity contribution in [1.29, 1.82) is 0 Å². The highest BCUT2D eigenvalue weighted by Gasteiger charge is 2.24. The zero-order valence-electron chi connectivity index (χ0n) is 8.43. The second kappa shape index (κ2) is 5.27. The van der Waals surface area contributed by atoms with Crippen molar-refractivity contribution in [2.75, 3.05) is 0 Å². The third kappa shape index (κ3) is 3.24. The molecule has 0 saturated heterocycles. The molecule has 0 spiro atoms. The lowest BCUT2D eigenvalue weighted by molar-refractivity contribution is -0.132. The molecule has 0 bridgehead atoms. The molecule has 4 heteroatoms. The summed E-state index contributed by atoms with van der Waals surface area (Å²) in [5.74, 6) is -0.755. The minimum atomic E-state index is -2.89. The summed E-state index contributed by atoms with van der Waals surface area (Å²) >= 11 is 0. The minimum Gasteiger partial charge on any atom is -0.348 e. The molecule has 1 aliphatic rings. The van der Waals surface area contributed by atoms with Gasteiger partial charge in [0.15, 0.2) is 0 Å². The maximum atomic E-state index is 11.9. The molecule has 0 radical (unpaired) electrons. The maximum absolute atomic E-state index is 11.9. The molecule has 82 valence electrons. The lowest BCUT2D eigenvalue weighted by atomic mass is 9.84. The fraction of sp³-hybridized carbons (Fsp3) is 0.900. The van der Waals surface area contributed by atoms with Crippen LogP contribution in [0.4, 0.5) is 8.78 Å². The monoisotopic (exact) mass is 205 g/mol. The van der Waals surface area contributed by atoms with Crippen molar-refractivity contribution < 1.29 is 13.6 Å². The quantitative estimate of drug-likeness (QED) is 0.752. The molecule has 1 fully saturated rings. The Morgan fingerprint density at radius 1 is 1.29 bits per heavy atom. The van der Waals surface area contributed by atoms with Crippen LogP contribution in [0.2, 0.25) is 0 Å². The van der Waals surface area contributed by atoms with Gasteiger partial charge in [-0.1, -0.05) is 19.3 Å². The Kier molecular flexibility index (Phi) is 4.29. The summed E-state index contributed by atoms with van der Waals surface area (Å²) in [6, 6.07) is -0.114. The van der Waals surface area contributed by atoms with E-state index in [1.165, 1.54) is 6.42 Å². The van der Waals surface area contributed by atoms with E-state index in [4.69, 9.17) is 0 Å². The summed E-state index contributed by atoms with van der Waals surface area (Å²) in [7, 11) is 0. The summed E-state index contributed by atoms with van der Waals surface area (Å²) in [5, 5.41) is 2.36. The van der Waals surface area contributed by atoms with Gasteiger partial charge in [0.25, 0.3) is 5.91 Å². The highest BCUT2D eigenvalue weighted by molar-refractivity contribution is 5.79. The van der Waals surface area contributed by atoms with E-state index in [1.807, 2.05) is 6.92 Å². The van der Waals surface area contributed by atoms with Crippen molar-refractivity contribution in [2.24, 2.45) is 5.92 Å². The van der Waals surface area contributed by atoms with Gasteiger partial charge < -0.3 is 5.32 Å². The van der Waals surface area contributed by atoms with Crippen molar-refractivity contribution >= 4 is 5.91 Å². The van der Waals surface area contributed by atoms with Crippen LogP contribution in [0.15, 0.2) is 0 Å². The lowest BCUT2D eigenvalue weighted by Crippen LogP contribution is -2.41. The number of hydrogen-bond acceptors (Lipinski definition) is 1. The summed E-state index contributed by atoms with van der Waals surface area (Å²) < 4.78 is 23.9. The first-order valence-electron chi connectivity index (χ1n) is 5.20. The molecule has 1 amide bonds. The molecular weight excluding hydrogens is 188 g/mol. The van der Waals surface area contributed by atoms with E-state index in [2.05, 4.69) is 5.32 Å². The number of amides is 1. The topological polar surface area (TPSA) is 29.1 Å². The largest absolute Gasteiger partial charge is 0.348 e. The van der Waals surface area contributed by atoms with Gasteiger partial charge in [0.2, 0.25) is 0 Å². The molecule has 2 nitrogen and oxygen atoms in total. The van der Waals surface area contributed by atoms with E-state index in [-0.39, 0.29) is 6.04 Å². The molecule has 1 atom stereocenters. The van der Waals surface area contributed by atoms with Gasteiger partial charge in [0, 0.05) is 6.04 Å². The first kappa shape index (κ1) is 11.4. The van der Waals surface area contributed by atoms with Crippen molar-refractivity contribution in [2.45, 2.75) is 51.5 Å². The van der Waals surface area contributed by atoms with Crippen molar-refractivity contribution in [1.82, 2.24) is 5.32 Å². The third-order valence-electron chi connectivity index (χ3n) is 2.93. The SMILES string of the molecule is CC(NC(=O)C(F)F)C1CCCCC1. The van der Waals surface area contributed by atoms with E-state index in [0.717, 1.165) is 25.7 Å². The average Bonchev–Trinajstić information content (AvgIpc) is 2.19. The van der Waals surface area contributed by atoms with Crippen LogP contribution in [0.3, 0.4) is 0 Å². The lowest BCUT2D eigenvalue weighted by Gasteiger charge is -2.28. The minimum absolute atomic E-state index is 0.114. The van der Waals surface area contributed by atoms with Crippen molar-refractivity contribution in [3.8, 4) is 0 Å². The number of halogens is 2. The number of rotatable bonds is 3. The normalized spacial score (nSPS) is 20.9. The van der Waals surface area contributed by atoms with Gasteiger partial charge in [-0.2, -0.15) is 8.78 Å². The Hall–Kier alpha value is -0.670. The van der Waals surface area contributed by atoms with Gasteiger partial charge in [-0.3, -0.25) is 4.79 Å². The Morgan fingerprint density at radius 2 is 1.86 bits per heavy atom.